The van der Waals surface area contributed by atoms with E-state index in [4.69, 9.17) is 11.6 Å². The average Bonchev–Trinajstić information content (AvgIpc) is 2.69. The molecular formula is C12H10ClNO. The summed E-state index contributed by atoms with van der Waals surface area (Å²) in [5, 5.41) is 0.732. The van der Waals surface area contributed by atoms with Crippen molar-refractivity contribution in [1.29, 1.82) is 0 Å². The van der Waals surface area contributed by atoms with Gasteiger partial charge in [-0.2, -0.15) is 0 Å². The second-order valence-electron chi connectivity index (χ2n) is 3.30. The zero-order valence-electron chi connectivity index (χ0n) is 8.03. The zero-order chi connectivity index (χ0) is 10.7. The summed E-state index contributed by atoms with van der Waals surface area (Å²) in [6.07, 6.45) is 3.26. The number of aldehydes is 1. The van der Waals surface area contributed by atoms with Crippen LogP contribution in [0.15, 0.2) is 36.5 Å². The van der Waals surface area contributed by atoms with Crippen LogP contribution in [-0.2, 0) is 6.42 Å². The number of aromatic nitrogens is 1. The second kappa shape index (κ2) is 4.32. The normalized spacial score (nSPS) is 10.2. The predicted octanol–water partition coefficient (Wildman–Crippen LogP) is 3.07. The number of carbonyl (C=O) groups excluding carboxylic acids is 1. The van der Waals surface area contributed by atoms with Crippen molar-refractivity contribution in [3.63, 3.8) is 0 Å². The number of H-pyrrole nitrogens is 1. The molecule has 2 aromatic rings. The average molecular weight is 220 g/mol. The Morgan fingerprint density at radius 2 is 2.00 bits per heavy atom. The molecule has 0 unspecified atom stereocenters. The molecule has 0 aliphatic carbocycles. The number of aromatic amines is 1. The van der Waals surface area contributed by atoms with Gasteiger partial charge >= 0.3 is 0 Å². The number of benzene rings is 1. The summed E-state index contributed by atoms with van der Waals surface area (Å²) in [6.45, 7) is 0. The van der Waals surface area contributed by atoms with Crippen LogP contribution in [0.4, 0.5) is 0 Å². The van der Waals surface area contributed by atoms with E-state index in [1.807, 2.05) is 30.3 Å². The SMILES string of the molecule is O=Cc1[nH]ccc1Cc1ccccc1Cl. The molecule has 1 aromatic heterocycles. The van der Waals surface area contributed by atoms with E-state index in [0.29, 0.717) is 12.1 Å². The fraction of sp³-hybridized carbons (Fsp3) is 0.0833. The fourth-order valence-electron chi connectivity index (χ4n) is 1.53. The molecule has 0 saturated heterocycles. The van der Waals surface area contributed by atoms with Crippen molar-refractivity contribution in [2.75, 3.05) is 0 Å². The minimum Gasteiger partial charge on any atom is -0.359 e. The molecule has 1 aromatic carbocycles. The highest BCUT2D eigenvalue weighted by molar-refractivity contribution is 6.31. The van der Waals surface area contributed by atoms with Crippen LogP contribution in [0.5, 0.6) is 0 Å². The Kier molecular flexibility index (Phi) is 2.88. The van der Waals surface area contributed by atoms with Gasteiger partial charge in [0.2, 0.25) is 0 Å². The van der Waals surface area contributed by atoms with Gasteiger partial charge in [-0.15, -0.1) is 0 Å². The summed E-state index contributed by atoms with van der Waals surface area (Å²) in [5.41, 5.74) is 2.62. The fourth-order valence-corrected chi connectivity index (χ4v) is 1.73. The standard InChI is InChI=1S/C12H10ClNO/c13-11-4-2-1-3-9(11)7-10-5-6-14-12(10)8-15/h1-6,8,14H,7H2. The Morgan fingerprint density at radius 1 is 1.20 bits per heavy atom. The number of rotatable bonds is 3. The number of halogens is 1. The monoisotopic (exact) mass is 219 g/mol. The molecular weight excluding hydrogens is 210 g/mol. The third-order valence-corrected chi connectivity index (χ3v) is 2.69. The van der Waals surface area contributed by atoms with Crippen LogP contribution in [-0.4, -0.2) is 11.3 Å². The summed E-state index contributed by atoms with van der Waals surface area (Å²) in [5.74, 6) is 0. The molecule has 0 spiro atoms. The highest BCUT2D eigenvalue weighted by Gasteiger charge is 2.05. The van der Waals surface area contributed by atoms with Gasteiger partial charge in [0.15, 0.2) is 6.29 Å². The van der Waals surface area contributed by atoms with Gasteiger partial charge in [0.05, 0.1) is 5.69 Å². The Morgan fingerprint density at radius 3 is 2.73 bits per heavy atom. The molecule has 0 saturated carbocycles. The first-order valence-corrected chi connectivity index (χ1v) is 5.04. The van der Waals surface area contributed by atoms with Crippen LogP contribution in [0, 0.1) is 0 Å². The minimum atomic E-state index is 0.620. The molecule has 0 bridgehead atoms. The Balaban J connectivity index is 2.29. The molecule has 0 fully saturated rings. The van der Waals surface area contributed by atoms with Crippen LogP contribution >= 0.6 is 11.6 Å². The van der Waals surface area contributed by atoms with Gasteiger partial charge in [0.25, 0.3) is 0 Å². The lowest BCUT2D eigenvalue weighted by Gasteiger charge is -2.02. The topological polar surface area (TPSA) is 32.9 Å². The molecule has 3 heteroatoms. The van der Waals surface area contributed by atoms with E-state index in [2.05, 4.69) is 4.98 Å². The Bertz CT molecular complexity index is 476. The van der Waals surface area contributed by atoms with Gasteiger partial charge in [0.1, 0.15) is 0 Å². The quantitative estimate of drug-likeness (QED) is 0.791. The van der Waals surface area contributed by atoms with E-state index in [-0.39, 0.29) is 0 Å². The van der Waals surface area contributed by atoms with Crippen molar-refractivity contribution in [2.24, 2.45) is 0 Å². The first-order chi connectivity index (χ1) is 7.31. The molecule has 15 heavy (non-hydrogen) atoms. The maximum absolute atomic E-state index is 10.7. The first kappa shape index (κ1) is 9.99. The van der Waals surface area contributed by atoms with E-state index in [9.17, 15) is 4.79 Å². The van der Waals surface area contributed by atoms with E-state index >= 15 is 0 Å². The zero-order valence-corrected chi connectivity index (χ0v) is 8.79. The molecule has 1 N–H and O–H groups in total. The highest BCUT2D eigenvalue weighted by atomic mass is 35.5. The van der Waals surface area contributed by atoms with Crippen molar-refractivity contribution in [3.8, 4) is 0 Å². The van der Waals surface area contributed by atoms with Crippen LogP contribution < -0.4 is 0 Å². The molecule has 76 valence electrons. The smallest absolute Gasteiger partial charge is 0.166 e. The van der Waals surface area contributed by atoms with E-state index in [0.717, 1.165) is 22.4 Å². The van der Waals surface area contributed by atoms with Crippen LogP contribution in [0.25, 0.3) is 0 Å². The van der Waals surface area contributed by atoms with E-state index < -0.39 is 0 Å². The van der Waals surface area contributed by atoms with Gasteiger partial charge < -0.3 is 4.98 Å². The van der Waals surface area contributed by atoms with Gasteiger partial charge in [-0.3, -0.25) is 4.79 Å². The first-order valence-electron chi connectivity index (χ1n) is 4.66. The molecule has 2 rings (SSSR count). The van der Waals surface area contributed by atoms with Gasteiger partial charge in [-0.05, 0) is 23.3 Å². The number of carbonyl (C=O) groups is 1. The summed E-state index contributed by atoms with van der Waals surface area (Å²) >= 11 is 6.04. The summed E-state index contributed by atoms with van der Waals surface area (Å²) < 4.78 is 0. The largest absolute Gasteiger partial charge is 0.359 e. The van der Waals surface area contributed by atoms with Crippen LogP contribution in [0.1, 0.15) is 21.6 Å². The van der Waals surface area contributed by atoms with E-state index in [1.165, 1.54) is 0 Å². The van der Waals surface area contributed by atoms with Crippen LogP contribution in [0.2, 0.25) is 5.02 Å². The van der Waals surface area contributed by atoms with Gasteiger partial charge in [0, 0.05) is 17.6 Å². The molecule has 0 radical (unpaired) electrons. The van der Waals surface area contributed by atoms with Crippen molar-refractivity contribution < 1.29 is 4.79 Å². The van der Waals surface area contributed by atoms with Crippen molar-refractivity contribution in [3.05, 3.63) is 58.4 Å². The third-order valence-electron chi connectivity index (χ3n) is 2.33. The molecule has 2 nitrogen and oxygen atoms in total. The lowest BCUT2D eigenvalue weighted by molar-refractivity contribution is 0.111. The summed E-state index contributed by atoms with van der Waals surface area (Å²) in [7, 11) is 0. The minimum absolute atomic E-state index is 0.620. The maximum atomic E-state index is 10.7. The van der Waals surface area contributed by atoms with Gasteiger partial charge in [-0.1, -0.05) is 29.8 Å². The van der Waals surface area contributed by atoms with E-state index in [1.54, 1.807) is 6.20 Å². The maximum Gasteiger partial charge on any atom is 0.166 e. The highest BCUT2D eigenvalue weighted by Crippen LogP contribution is 2.19. The Hall–Kier alpha value is -1.54. The number of hydrogen-bond acceptors (Lipinski definition) is 1. The predicted molar refractivity (Wildman–Crippen MR) is 60.4 cm³/mol. The lowest BCUT2D eigenvalue weighted by Crippen LogP contribution is -1.92. The molecule has 0 atom stereocenters. The number of hydrogen-bond donors (Lipinski definition) is 1. The third kappa shape index (κ3) is 2.10. The van der Waals surface area contributed by atoms with Crippen molar-refractivity contribution in [2.45, 2.75) is 6.42 Å². The Labute approximate surface area is 92.9 Å². The molecule has 0 aliphatic heterocycles. The molecule has 0 aliphatic rings. The number of nitrogens with one attached hydrogen (secondary N) is 1. The summed E-state index contributed by atoms with van der Waals surface area (Å²) in [6, 6.07) is 9.54. The van der Waals surface area contributed by atoms with Crippen molar-refractivity contribution in [1.82, 2.24) is 4.98 Å². The molecule has 1 heterocycles. The molecule has 0 amide bonds. The van der Waals surface area contributed by atoms with Gasteiger partial charge in [-0.25, -0.2) is 0 Å². The summed E-state index contributed by atoms with van der Waals surface area (Å²) in [4.78, 5) is 13.6. The second-order valence-corrected chi connectivity index (χ2v) is 3.71. The van der Waals surface area contributed by atoms with Crippen LogP contribution in [0.3, 0.4) is 0 Å². The van der Waals surface area contributed by atoms with Crippen molar-refractivity contribution >= 4 is 17.9 Å². The lowest BCUT2D eigenvalue weighted by atomic mass is 10.1.